The van der Waals surface area contributed by atoms with Crippen LogP contribution in [0.2, 0.25) is 5.02 Å². The van der Waals surface area contributed by atoms with Crippen LogP contribution in [0.15, 0.2) is 18.2 Å². The molecule has 0 bridgehead atoms. The fourth-order valence-corrected chi connectivity index (χ4v) is 4.22. The lowest BCUT2D eigenvalue weighted by Gasteiger charge is -2.41. The average Bonchev–Trinajstić information content (AvgIpc) is 2.22. The summed E-state index contributed by atoms with van der Waals surface area (Å²) in [6.45, 7) is 4.26. The zero-order chi connectivity index (χ0) is 13.4. The van der Waals surface area contributed by atoms with Gasteiger partial charge in [-0.05, 0) is 29.7 Å². The van der Waals surface area contributed by atoms with E-state index in [1.807, 2.05) is 0 Å². The molecule has 4 heteroatoms. The number of aliphatic hydroxyl groups is 1. The highest BCUT2D eigenvalue weighted by Crippen LogP contribution is 2.41. The average molecular weight is 289 g/mol. The summed E-state index contributed by atoms with van der Waals surface area (Å²) >= 11 is 7.75. The summed E-state index contributed by atoms with van der Waals surface area (Å²) in [5.74, 6) is 1.34. The van der Waals surface area contributed by atoms with Gasteiger partial charge in [-0.2, -0.15) is 11.8 Å². The van der Waals surface area contributed by atoms with E-state index in [1.54, 1.807) is 23.9 Å². The van der Waals surface area contributed by atoms with E-state index < -0.39 is 5.60 Å². The van der Waals surface area contributed by atoms with Crippen molar-refractivity contribution in [2.45, 2.75) is 32.3 Å². The lowest BCUT2D eigenvalue weighted by atomic mass is 9.79. The van der Waals surface area contributed by atoms with Crippen LogP contribution < -0.4 is 0 Å². The van der Waals surface area contributed by atoms with Crippen molar-refractivity contribution in [1.82, 2.24) is 0 Å². The molecule has 1 fully saturated rings. The minimum atomic E-state index is -0.863. The topological polar surface area (TPSA) is 20.2 Å². The Hall–Kier alpha value is -0.250. The molecule has 0 amide bonds. The maximum atomic E-state index is 13.8. The summed E-state index contributed by atoms with van der Waals surface area (Å²) in [4.78, 5) is 0. The standard InChI is InChI=1S/C14H18ClFOS/c1-13(2)7-14(17,9-18-8-13)6-10-11(15)4-3-5-12(10)16/h3-5,17H,6-9H2,1-2H3. The summed E-state index contributed by atoms with van der Waals surface area (Å²) < 4.78 is 13.8. The SMILES string of the molecule is CC1(C)CSCC(O)(Cc2c(F)cccc2Cl)C1. The van der Waals surface area contributed by atoms with Gasteiger partial charge in [-0.1, -0.05) is 31.5 Å². The zero-order valence-electron chi connectivity index (χ0n) is 10.7. The lowest BCUT2D eigenvalue weighted by molar-refractivity contribution is 0.0193. The summed E-state index contributed by atoms with van der Waals surface area (Å²) in [6, 6.07) is 4.65. The van der Waals surface area contributed by atoms with Gasteiger partial charge in [0.1, 0.15) is 5.82 Å². The number of thioether (sulfide) groups is 1. The number of benzene rings is 1. The molecule has 0 spiro atoms. The molecule has 2 rings (SSSR count). The molecule has 1 aromatic rings. The minimum absolute atomic E-state index is 0.0788. The molecule has 1 aliphatic heterocycles. The number of halogens is 2. The van der Waals surface area contributed by atoms with E-state index >= 15 is 0 Å². The van der Waals surface area contributed by atoms with Crippen molar-refractivity contribution in [3.63, 3.8) is 0 Å². The second-order valence-corrected chi connectivity index (χ2v) is 7.33. The molecule has 0 aromatic heterocycles. The highest BCUT2D eigenvalue weighted by molar-refractivity contribution is 7.99. The molecular weight excluding hydrogens is 271 g/mol. The van der Waals surface area contributed by atoms with Gasteiger partial charge in [-0.25, -0.2) is 4.39 Å². The largest absolute Gasteiger partial charge is 0.389 e. The predicted molar refractivity (Wildman–Crippen MR) is 75.8 cm³/mol. The normalized spacial score (nSPS) is 27.2. The second kappa shape index (κ2) is 5.03. The second-order valence-electron chi connectivity index (χ2n) is 5.94. The van der Waals surface area contributed by atoms with E-state index in [0.717, 1.165) is 5.75 Å². The van der Waals surface area contributed by atoms with Gasteiger partial charge in [0, 0.05) is 22.8 Å². The van der Waals surface area contributed by atoms with E-state index in [2.05, 4.69) is 13.8 Å². The van der Waals surface area contributed by atoms with Crippen molar-refractivity contribution in [2.75, 3.05) is 11.5 Å². The zero-order valence-corrected chi connectivity index (χ0v) is 12.2. The monoisotopic (exact) mass is 288 g/mol. The van der Waals surface area contributed by atoms with Crippen LogP contribution in [0.4, 0.5) is 4.39 Å². The van der Waals surface area contributed by atoms with Gasteiger partial charge in [0.25, 0.3) is 0 Å². The molecule has 100 valence electrons. The summed E-state index contributed by atoms with van der Waals surface area (Å²) in [7, 11) is 0. The van der Waals surface area contributed by atoms with Crippen LogP contribution in [0, 0.1) is 11.2 Å². The quantitative estimate of drug-likeness (QED) is 0.890. The Labute approximate surface area is 117 Å². The first kappa shape index (κ1) is 14.2. The molecular formula is C14H18ClFOS. The van der Waals surface area contributed by atoms with Crippen molar-refractivity contribution in [2.24, 2.45) is 5.41 Å². The predicted octanol–water partition coefficient (Wildman–Crippen LogP) is 3.92. The molecule has 1 heterocycles. The third-order valence-electron chi connectivity index (χ3n) is 3.24. The Kier molecular flexibility index (Phi) is 3.96. The molecule has 1 atom stereocenters. The van der Waals surface area contributed by atoms with Gasteiger partial charge >= 0.3 is 0 Å². The Morgan fingerprint density at radius 3 is 2.72 bits per heavy atom. The van der Waals surface area contributed by atoms with Crippen LogP contribution in [-0.4, -0.2) is 22.2 Å². The molecule has 1 nitrogen and oxygen atoms in total. The smallest absolute Gasteiger partial charge is 0.127 e. The van der Waals surface area contributed by atoms with Gasteiger partial charge in [-0.15, -0.1) is 0 Å². The van der Waals surface area contributed by atoms with E-state index in [1.165, 1.54) is 6.07 Å². The molecule has 0 aliphatic carbocycles. The van der Waals surface area contributed by atoms with Crippen LogP contribution in [0.3, 0.4) is 0 Å². The van der Waals surface area contributed by atoms with Crippen molar-refractivity contribution in [1.29, 1.82) is 0 Å². The van der Waals surface area contributed by atoms with Crippen molar-refractivity contribution < 1.29 is 9.50 Å². The Balaban J connectivity index is 2.22. The molecule has 1 saturated heterocycles. The van der Waals surface area contributed by atoms with Crippen molar-refractivity contribution in [3.8, 4) is 0 Å². The maximum Gasteiger partial charge on any atom is 0.127 e. The summed E-state index contributed by atoms with van der Waals surface area (Å²) in [5, 5.41) is 11.1. The van der Waals surface area contributed by atoms with E-state index in [0.29, 0.717) is 22.8 Å². The van der Waals surface area contributed by atoms with E-state index in [-0.39, 0.29) is 17.7 Å². The third kappa shape index (κ3) is 3.19. The highest BCUT2D eigenvalue weighted by atomic mass is 35.5. The first-order chi connectivity index (χ1) is 8.31. The van der Waals surface area contributed by atoms with Crippen LogP contribution in [0.25, 0.3) is 0 Å². The van der Waals surface area contributed by atoms with Crippen LogP contribution in [0.5, 0.6) is 0 Å². The Morgan fingerprint density at radius 1 is 1.39 bits per heavy atom. The Bertz CT molecular complexity index is 429. The molecule has 1 aromatic carbocycles. The van der Waals surface area contributed by atoms with Crippen molar-refractivity contribution in [3.05, 3.63) is 34.6 Å². The van der Waals surface area contributed by atoms with Crippen LogP contribution >= 0.6 is 23.4 Å². The minimum Gasteiger partial charge on any atom is -0.389 e. The number of rotatable bonds is 2. The fourth-order valence-electron chi connectivity index (χ4n) is 2.65. The maximum absolute atomic E-state index is 13.8. The molecule has 0 radical (unpaired) electrons. The molecule has 18 heavy (non-hydrogen) atoms. The van der Waals surface area contributed by atoms with Gasteiger partial charge in [0.2, 0.25) is 0 Å². The van der Waals surface area contributed by atoms with E-state index in [9.17, 15) is 9.50 Å². The number of hydrogen-bond acceptors (Lipinski definition) is 2. The van der Waals surface area contributed by atoms with Gasteiger partial charge in [-0.3, -0.25) is 0 Å². The van der Waals surface area contributed by atoms with Gasteiger partial charge in [0.05, 0.1) is 5.60 Å². The molecule has 0 saturated carbocycles. The summed E-state index contributed by atoms with van der Waals surface area (Å²) in [5.41, 5.74) is -0.354. The van der Waals surface area contributed by atoms with Gasteiger partial charge in [0.15, 0.2) is 0 Å². The first-order valence-corrected chi connectivity index (χ1v) is 7.58. The van der Waals surface area contributed by atoms with Crippen LogP contribution in [0.1, 0.15) is 25.8 Å². The highest BCUT2D eigenvalue weighted by Gasteiger charge is 2.39. The molecule has 1 unspecified atom stereocenters. The van der Waals surface area contributed by atoms with E-state index in [4.69, 9.17) is 11.6 Å². The van der Waals surface area contributed by atoms with Crippen molar-refractivity contribution >= 4 is 23.4 Å². The number of hydrogen-bond donors (Lipinski definition) is 1. The van der Waals surface area contributed by atoms with Crippen LogP contribution in [-0.2, 0) is 6.42 Å². The fraction of sp³-hybridized carbons (Fsp3) is 0.571. The molecule has 1 N–H and O–H groups in total. The van der Waals surface area contributed by atoms with Gasteiger partial charge < -0.3 is 5.11 Å². The third-order valence-corrected chi connectivity index (χ3v) is 5.32. The first-order valence-electron chi connectivity index (χ1n) is 6.04. The lowest BCUT2D eigenvalue weighted by Crippen LogP contribution is -2.44. The summed E-state index contributed by atoms with van der Waals surface area (Å²) in [6.07, 6.45) is 0.965. The molecule has 1 aliphatic rings. The Morgan fingerprint density at radius 2 is 2.11 bits per heavy atom.